The fourth-order valence-electron chi connectivity index (χ4n) is 3.23. The van der Waals surface area contributed by atoms with Gasteiger partial charge in [0.2, 0.25) is 0 Å². The highest BCUT2D eigenvalue weighted by atomic mass is 15.2. The van der Waals surface area contributed by atoms with Gasteiger partial charge in [-0.05, 0) is 51.3 Å². The topological polar surface area (TPSA) is 15.3 Å². The molecule has 2 heteroatoms. The summed E-state index contributed by atoms with van der Waals surface area (Å²) in [5, 5.41) is 3.71. The molecular weight excluding hydrogens is 220 g/mol. The van der Waals surface area contributed by atoms with E-state index in [0.29, 0.717) is 6.04 Å². The van der Waals surface area contributed by atoms with Crippen LogP contribution in [-0.4, -0.2) is 31.1 Å². The molecule has 0 radical (unpaired) electrons. The van der Waals surface area contributed by atoms with Gasteiger partial charge in [0.05, 0.1) is 0 Å². The monoisotopic (exact) mass is 244 g/mol. The van der Waals surface area contributed by atoms with Gasteiger partial charge in [-0.2, -0.15) is 0 Å². The lowest BCUT2D eigenvalue weighted by Gasteiger charge is -2.26. The van der Waals surface area contributed by atoms with Gasteiger partial charge in [-0.25, -0.2) is 0 Å². The summed E-state index contributed by atoms with van der Waals surface area (Å²) < 4.78 is 0. The molecule has 0 spiro atoms. The van der Waals surface area contributed by atoms with E-state index in [1.807, 2.05) is 0 Å². The van der Waals surface area contributed by atoms with Crippen molar-refractivity contribution in [3.05, 3.63) is 35.4 Å². The van der Waals surface area contributed by atoms with Crippen molar-refractivity contribution in [2.75, 3.05) is 20.1 Å². The summed E-state index contributed by atoms with van der Waals surface area (Å²) in [6.45, 7) is 4.61. The lowest BCUT2D eigenvalue weighted by atomic mass is 9.93. The first-order chi connectivity index (χ1) is 8.74. The van der Waals surface area contributed by atoms with Crippen LogP contribution >= 0.6 is 0 Å². The summed E-state index contributed by atoms with van der Waals surface area (Å²) in [5.41, 5.74) is 2.87. The van der Waals surface area contributed by atoms with E-state index in [1.165, 1.54) is 43.5 Å². The molecule has 2 atom stereocenters. The maximum atomic E-state index is 3.71. The van der Waals surface area contributed by atoms with Crippen LogP contribution < -0.4 is 5.32 Å². The van der Waals surface area contributed by atoms with Crippen molar-refractivity contribution >= 4 is 0 Å². The molecule has 1 aromatic carbocycles. The Morgan fingerprint density at radius 3 is 2.83 bits per heavy atom. The fourth-order valence-corrected chi connectivity index (χ4v) is 3.23. The zero-order valence-electron chi connectivity index (χ0n) is 11.5. The van der Waals surface area contributed by atoms with E-state index in [-0.39, 0.29) is 0 Å². The molecule has 1 aromatic rings. The van der Waals surface area contributed by atoms with Crippen LogP contribution in [0.5, 0.6) is 0 Å². The maximum Gasteiger partial charge on any atom is 0.0385 e. The second-order valence-electron chi connectivity index (χ2n) is 6.07. The lowest BCUT2D eigenvalue weighted by Crippen LogP contribution is -2.29. The zero-order valence-corrected chi connectivity index (χ0v) is 11.5. The van der Waals surface area contributed by atoms with E-state index < -0.39 is 0 Å². The molecule has 0 amide bonds. The molecule has 2 fully saturated rings. The van der Waals surface area contributed by atoms with Crippen LogP contribution in [0, 0.1) is 12.8 Å². The third kappa shape index (κ3) is 2.60. The van der Waals surface area contributed by atoms with E-state index >= 15 is 0 Å². The first-order valence-corrected chi connectivity index (χ1v) is 7.24. The molecule has 1 heterocycles. The van der Waals surface area contributed by atoms with Crippen molar-refractivity contribution < 1.29 is 0 Å². The fraction of sp³-hybridized carbons (Fsp3) is 0.625. The third-order valence-corrected chi connectivity index (χ3v) is 4.40. The Bertz CT molecular complexity index is 411. The highest BCUT2D eigenvalue weighted by Gasteiger charge is 2.34. The van der Waals surface area contributed by atoms with Crippen molar-refractivity contribution in [3.63, 3.8) is 0 Å². The van der Waals surface area contributed by atoms with Crippen LogP contribution in [0.2, 0.25) is 0 Å². The molecule has 1 N–H and O–H groups in total. The van der Waals surface area contributed by atoms with Gasteiger partial charge in [0.1, 0.15) is 0 Å². The molecule has 2 aliphatic rings. The molecule has 98 valence electrons. The Labute approximate surface area is 110 Å². The Balaban J connectivity index is 1.73. The quantitative estimate of drug-likeness (QED) is 0.876. The minimum atomic E-state index is 0.608. The SMILES string of the molecule is Cc1cccc(C2C(CNC3CC3)CCN2C)c1. The van der Waals surface area contributed by atoms with Gasteiger partial charge in [-0.15, -0.1) is 0 Å². The van der Waals surface area contributed by atoms with E-state index in [2.05, 4.69) is 48.5 Å². The number of benzene rings is 1. The first-order valence-electron chi connectivity index (χ1n) is 7.24. The zero-order chi connectivity index (χ0) is 12.5. The molecule has 2 nitrogen and oxygen atoms in total. The van der Waals surface area contributed by atoms with Gasteiger partial charge in [-0.3, -0.25) is 4.90 Å². The lowest BCUT2D eigenvalue weighted by molar-refractivity contribution is 0.271. The van der Waals surface area contributed by atoms with Gasteiger partial charge in [0.25, 0.3) is 0 Å². The van der Waals surface area contributed by atoms with Gasteiger partial charge >= 0.3 is 0 Å². The summed E-state index contributed by atoms with van der Waals surface area (Å²) in [4.78, 5) is 2.52. The summed E-state index contributed by atoms with van der Waals surface area (Å²) in [6.07, 6.45) is 4.10. The largest absolute Gasteiger partial charge is 0.314 e. The van der Waals surface area contributed by atoms with Crippen LogP contribution in [0.15, 0.2) is 24.3 Å². The molecule has 1 saturated heterocycles. The summed E-state index contributed by atoms with van der Waals surface area (Å²) >= 11 is 0. The van der Waals surface area contributed by atoms with E-state index in [4.69, 9.17) is 0 Å². The highest BCUT2D eigenvalue weighted by molar-refractivity contribution is 5.26. The number of nitrogens with zero attached hydrogens (tertiary/aromatic N) is 1. The smallest absolute Gasteiger partial charge is 0.0385 e. The molecule has 3 rings (SSSR count). The number of nitrogens with one attached hydrogen (secondary N) is 1. The van der Waals surface area contributed by atoms with Crippen LogP contribution in [0.1, 0.15) is 36.4 Å². The minimum Gasteiger partial charge on any atom is -0.314 e. The number of likely N-dealkylation sites (tertiary alicyclic amines) is 1. The number of aryl methyl sites for hydroxylation is 1. The summed E-state index contributed by atoms with van der Waals surface area (Å²) in [6, 6.07) is 10.5. The standard InChI is InChI=1S/C16H24N2/c1-12-4-3-5-13(10-12)16-14(8-9-18(16)2)11-17-15-6-7-15/h3-5,10,14-17H,6-9,11H2,1-2H3. The Hall–Kier alpha value is -0.860. The van der Waals surface area contributed by atoms with Crippen molar-refractivity contribution in [2.24, 2.45) is 5.92 Å². The molecule has 1 aliphatic carbocycles. The Kier molecular flexibility index (Phi) is 3.40. The molecule has 2 unspecified atom stereocenters. The molecule has 1 aliphatic heterocycles. The maximum absolute atomic E-state index is 3.71. The molecule has 1 saturated carbocycles. The van der Waals surface area contributed by atoms with Gasteiger partial charge in [0.15, 0.2) is 0 Å². The van der Waals surface area contributed by atoms with Crippen LogP contribution in [0.3, 0.4) is 0 Å². The number of hydrogen-bond donors (Lipinski definition) is 1. The number of hydrogen-bond acceptors (Lipinski definition) is 2. The molecule has 0 aromatic heterocycles. The van der Waals surface area contributed by atoms with E-state index in [9.17, 15) is 0 Å². The average Bonchev–Trinajstić information content (AvgIpc) is 3.10. The van der Waals surface area contributed by atoms with Gasteiger partial charge in [-0.1, -0.05) is 29.8 Å². The second kappa shape index (κ2) is 5.02. The third-order valence-electron chi connectivity index (χ3n) is 4.40. The molecule has 0 bridgehead atoms. The normalized spacial score (nSPS) is 28.8. The van der Waals surface area contributed by atoms with Crippen molar-refractivity contribution in [2.45, 2.75) is 38.3 Å². The van der Waals surface area contributed by atoms with E-state index in [1.54, 1.807) is 0 Å². The first kappa shape index (κ1) is 12.2. The Morgan fingerprint density at radius 1 is 1.28 bits per heavy atom. The van der Waals surface area contributed by atoms with Crippen LogP contribution in [0.4, 0.5) is 0 Å². The van der Waals surface area contributed by atoms with Crippen molar-refractivity contribution in [1.82, 2.24) is 10.2 Å². The predicted molar refractivity (Wildman–Crippen MR) is 75.7 cm³/mol. The molecule has 18 heavy (non-hydrogen) atoms. The van der Waals surface area contributed by atoms with Crippen LogP contribution in [0.25, 0.3) is 0 Å². The highest BCUT2D eigenvalue weighted by Crippen LogP contribution is 2.36. The van der Waals surface area contributed by atoms with E-state index in [0.717, 1.165) is 12.0 Å². The van der Waals surface area contributed by atoms with Crippen molar-refractivity contribution in [3.8, 4) is 0 Å². The second-order valence-corrected chi connectivity index (χ2v) is 6.07. The van der Waals surface area contributed by atoms with Crippen molar-refractivity contribution in [1.29, 1.82) is 0 Å². The number of rotatable bonds is 4. The van der Waals surface area contributed by atoms with Crippen LogP contribution in [-0.2, 0) is 0 Å². The van der Waals surface area contributed by atoms with Gasteiger partial charge in [0, 0.05) is 18.6 Å². The summed E-state index contributed by atoms with van der Waals surface area (Å²) in [5.74, 6) is 0.775. The van der Waals surface area contributed by atoms with Gasteiger partial charge < -0.3 is 5.32 Å². The molecular formula is C16H24N2. The minimum absolute atomic E-state index is 0.608. The predicted octanol–water partition coefficient (Wildman–Crippen LogP) is 2.74. The summed E-state index contributed by atoms with van der Waals surface area (Å²) in [7, 11) is 2.27. The Morgan fingerprint density at radius 2 is 2.11 bits per heavy atom. The average molecular weight is 244 g/mol.